The average Bonchev–Trinajstić information content (AvgIpc) is 2.95. The topological polar surface area (TPSA) is 78.1 Å². The fourth-order valence-electron chi connectivity index (χ4n) is 1.94. The molecule has 0 atom stereocenters. The van der Waals surface area contributed by atoms with Crippen molar-refractivity contribution in [3.63, 3.8) is 0 Å². The molecule has 0 amide bonds. The van der Waals surface area contributed by atoms with Crippen molar-refractivity contribution in [2.75, 3.05) is 13.6 Å². The monoisotopic (exact) mass is 308 g/mol. The van der Waals surface area contributed by atoms with Gasteiger partial charge in [-0.05, 0) is 24.2 Å². The summed E-state index contributed by atoms with van der Waals surface area (Å²) in [6.45, 7) is 3.76. The van der Waals surface area contributed by atoms with Crippen LogP contribution in [0.1, 0.15) is 18.2 Å². The van der Waals surface area contributed by atoms with Gasteiger partial charge in [-0.25, -0.2) is 8.42 Å². The molecule has 2 rings (SSSR count). The lowest BCUT2D eigenvalue weighted by Gasteiger charge is -2.15. The molecule has 0 aliphatic carbocycles. The molecule has 2 heterocycles. The molecular formula is C14H20N4O2S. The van der Waals surface area contributed by atoms with Crippen LogP contribution in [0.5, 0.6) is 0 Å². The molecule has 0 saturated heterocycles. The largest absolute Gasteiger partial charge is 0.363 e. The van der Waals surface area contributed by atoms with Crippen LogP contribution in [0.15, 0.2) is 41.7 Å². The van der Waals surface area contributed by atoms with Crippen LogP contribution in [0.4, 0.5) is 0 Å². The minimum atomic E-state index is -3.49. The number of nitrogens with zero attached hydrogens (tertiary/aromatic N) is 2. The van der Waals surface area contributed by atoms with Gasteiger partial charge in [0.1, 0.15) is 0 Å². The number of aromatic amines is 1. The maximum absolute atomic E-state index is 12.5. The van der Waals surface area contributed by atoms with Gasteiger partial charge in [0.15, 0.2) is 0 Å². The Hall–Kier alpha value is -1.70. The first-order valence-electron chi connectivity index (χ1n) is 6.77. The SMILES string of the molecule is CCNCc1cc(S(=O)(=O)N(C)Cc2cccnc2)c[nH]1. The zero-order valence-corrected chi connectivity index (χ0v) is 13.0. The number of nitrogens with one attached hydrogen (secondary N) is 2. The Morgan fingerprint density at radius 1 is 1.43 bits per heavy atom. The standard InChI is InChI=1S/C14H20N4O2S/c1-3-15-9-13-7-14(10-17-13)21(19,20)18(2)11-12-5-4-6-16-8-12/h4-8,10,15,17H,3,9,11H2,1-2H3. The van der Waals surface area contributed by atoms with Gasteiger partial charge in [-0.15, -0.1) is 0 Å². The average molecular weight is 308 g/mol. The zero-order valence-electron chi connectivity index (χ0n) is 12.2. The van der Waals surface area contributed by atoms with Crippen molar-refractivity contribution < 1.29 is 8.42 Å². The lowest BCUT2D eigenvalue weighted by molar-refractivity contribution is 0.466. The van der Waals surface area contributed by atoms with Gasteiger partial charge in [-0.2, -0.15) is 4.31 Å². The molecule has 0 spiro atoms. The first kappa shape index (κ1) is 15.7. The molecule has 21 heavy (non-hydrogen) atoms. The quantitative estimate of drug-likeness (QED) is 0.809. The van der Waals surface area contributed by atoms with Crippen LogP contribution in [-0.2, 0) is 23.1 Å². The summed E-state index contributed by atoms with van der Waals surface area (Å²) in [5.74, 6) is 0. The lowest BCUT2D eigenvalue weighted by Crippen LogP contribution is -2.26. The minimum Gasteiger partial charge on any atom is -0.363 e. The van der Waals surface area contributed by atoms with Gasteiger partial charge in [-0.1, -0.05) is 13.0 Å². The summed E-state index contributed by atoms with van der Waals surface area (Å²) in [5, 5.41) is 3.15. The highest BCUT2D eigenvalue weighted by Gasteiger charge is 2.22. The third-order valence-electron chi connectivity index (χ3n) is 3.12. The summed E-state index contributed by atoms with van der Waals surface area (Å²) in [6.07, 6.45) is 4.86. The Labute approximate surface area is 125 Å². The molecule has 2 aromatic rings. The Morgan fingerprint density at radius 3 is 2.90 bits per heavy atom. The number of sulfonamides is 1. The molecule has 0 unspecified atom stereocenters. The normalized spacial score (nSPS) is 12.0. The highest BCUT2D eigenvalue weighted by molar-refractivity contribution is 7.89. The fraction of sp³-hybridized carbons (Fsp3) is 0.357. The number of hydrogen-bond donors (Lipinski definition) is 2. The molecular weight excluding hydrogens is 288 g/mol. The maximum Gasteiger partial charge on any atom is 0.244 e. The number of pyridine rings is 1. The van der Waals surface area contributed by atoms with Crippen LogP contribution in [-0.4, -0.2) is 36.3 Å². The summed E-state index contributed by atoms with van der Waals surface area (Å²) in [4.78, 5) is 7.26. The van der Waals surface area contributed by atoms with Crippen molar-refractivity contribution in [2.24, 2.45) is 0 Å². The van der Waals surface area contributed by atoms with E-state index in [1.807, 2.05) is 13.0 Å². The van der Waals surface area contributed by atoms with Crippen molar-refractivity contribution in [1.82, 2.24) is 19.6 Å². The van der Waals surface area contributed by atoms with Gasteiger partial charge in [0.2, 0.25) is 10.0 Å². The zero-order chi connectivity index (χ0) is 15.3. The van der Waals surface area contributed by atoms with E-state index in [0.717, 1.165) is 17.8 Å². The molecule has 2 N–H and O–H groups in total. The first-order valence-corrected chi connectivity index (χ1v) is 8.21. The third kappa shape index (κ3) is 3.90. The molecule has 0 fully saturated rings. The van der Waals surface area contributed by atoms with Crippen molar-refractivity contribution in [3.8, 4) is 0 Å². The van der Waals surface area contributed by atoms with Crippen molar-refractivity contribution in [2.45, 2.75) is 24.9 Å². The fourth-order valence-corrected chi connectivity index (χ4v) is 3.12. The summed E-state index contributed by atoms with van der Waals surface area (Å²) in [5.41, 5.74) is 1.71. The van der Waals surface area contributed by atoms with Gasteiger partial charge in [0.05, 0.1) is 4.90 Å². The number of rotatable bonds is 7. The summed E-state index contributed by atoms with van der Waals surface area (Å²) in [6, 6.07) is 5.31. The van der Waals surface area contributed by atoms with Crippen LogP contribution in [0.25, 0.3) is 0 Å². The summed E-state index contributed by atoms with van der Waals surface area (Å²) >= 11 is 0. The van der Waals surface area contributed by atoms with E-state index in [1.165, 1.54) is 10.5 Å². The van der Waals surface area contributed by atoms with E-state index in [0.29, 0.717) is 13.1 Å². The van der Waals surface area contributed by atoms with E-state index >= 15 is 0 Å². The van der Waals surface area contributed by atoms with Gasteiger partial charge in [0, 0.05) is 44.4 Å². The smallest absolute Gasteiger partial charge is 0.244 e. The highest BCUT2D eigenvalue weighted by atomic mass is 32.2. The van der Waals surface area contributed by atoms with Gasteiger partial charge in [0.25, 0.3) is 0 Å². The minimum absolute atomic E-state index is 0.279. The second kappa shape index (κ2) is 6.84. The van der Waals surface area contributed by atoms with Crippen molar-refractivity contribution >= 4 is 10.0 Å². The number of aromatic nitrogens is 2. The van der Waals surface area contributed by atoms with Gasteiger partial charge in [-0.3, -0.25) is 4.98 Å². The molecule has 0 bridgehead atoms. The van der Waals surface area contributed by atoms with E-state index < -0.39 is 10.0 Å². The molecule has 0 saturated carbocycles. The van der Waals surface area contributed by atoms with Crippen LogP contribution in [0, 0.1) is 0 Å². The lowest BCUT2D eigenvalue weighted by atomic mass is 10.3. The predicted octanol–water partition coefficient (Wildman–Crippen LogP) is 1.34. The highest BCUT2D eigenvalue weighted by Crippen LogP contribution is 2.17. The Morgan fingerprint density at radius 2 is 2.24 bits per heavy atom. The summed E-state index contributed by atoms with van der Waals surface area (Å²) in [7, 11) is -1.93. The second-order valence-electron chi connectivity index (χ2n) is 4.76. The number of H-pyrrole nitrogens is 1. The second-order valence-corrected chi connectivity index (χ2v) is 6.81. The van der Waals surface area contributed by atoms with Crippen LogP contribution in [0.3, 0.4) is 0 Å². The Bertz CT molecular complexity index is 667. The van der Waals surface area contributed by atoms with Crippen LogP contribution < -0.4 is 5.32 Å². The molecule has 0 aliphatic heterocycles. The third-order valence-corrected chi connectivity index (χ3v) is 4.90. The molecule has 6 nitrogen and oxygen atoms in total. The van der Waals surface area contributed by atoms with Crippen LogP contribution in [0.2, 0.25) is 0 Å². The Kier molecular flexibility index (Phi) is 5.11. The number of hydrogen-bond acceptors (Lipinski definition) is 4. The molecule has 0 aromatic carbocycles. The van der Waals surface area contributed by atoms with Crippen LogP contribution >= 0.6 is 0 Å². The maximum atomic E-state index is 12.5. The molecule has 0 radical (unpaired) electrons. The van der Waals surface area contributed by atoms with E-state index in [9.17, 15) is 8.42 Å². The molecule has 2 aromatic heterocycles. The first-order chi connectivity index (χ1) is 10.0. The molecule has 114 valence electrons. The van der Waals surface area contributed by atoms with Crippen molar-refractivity contribution in [3.05, 3.63) is 48.0 Å². The van der Waals surface area contributed by atoms with Gasteiger partial charge >= 0.3 is 0 Å². The predicted molar refractivity (Wildman–Crippen MR) is 81.1 cm³/mol. The molecule has 7 heteroatoms. The van der Waals surface area contributed by atoms with E-state index in [1.54, 1.807) is 31.6 Å². The van der Waals surface area contributed by atoms with E-state index in [-0.39, 0.29) is 4.90 Å². The van der Waals surface area contributed by atoms with Crippen molar-refractivity contribution in [1.29, 1.82) is 0 Å². The Balaban J connectivity index is 2.11. The molecule has 0 aliphatic rings. The van der Waals surface area contributed by atoms with E-state index in [4.69, 9.17) is 0 Å². The summed E-state index contributed by atoms with van der Waals surface area (Å²) < 4.78 is 26.3. The van der Waals surface area contributed by atoms with Gasteiger partial charge < -0.3 is 10.3 Å². The van der Waals surface area contributed by atoms with E-state index in [2.05, 4.69) is 15.3 Å².